The Labute approximate surface area is 173 Å². The number of nitriles is 1. The van der Waals surface area contributed by atoms with Crippen molar-refractivity contribution in [1.29, 1.82) is 5.26 Å². The van der Waals surface area contributed by atoms with Crippen LogP contribution in [0.5, 0.6) is 0 Å². The summed E-state index contributed by atoms with van der Waals surface area (Å²) in [5.41, 5.74) is 1.75. The largest absolute Gasteiger partial charge is 0.419 e. The van der Waals surface area contributed by atoms with E-state index in [1.54, 1.807) is 30.3 Å². The Morgan fingerprint density at radius 1 is 1.24 bits per heavy atom. The van der Waals surface area contributed by atoms with Crippen molar-refractivity contribution in [2.75, 3.05) is 18.4 Å². The molecule has 0 aliphatic rings. The smallest absolute Gasteiger partial charge is 0.249 e. The first kappa shape index (κ1) is 20.5. The molecule has 1 N–H and O–H groups in total. The topological polar surface area (TPSA) is 95.1 Å². The molecule has 0 atom stereocenters. The van der Waals surface area contributed by atoms with Crippen molar-refractivity contribution in [2.24, 2.45) is 0 Å². The maximum absolute atomic E-state index is 12.4. The highest BCUT2D eigenvalue weighted by Gasteiger charge is 2.16. The molecule has 0 aliphatic heterocycles. The van der Waals surface area contributed by atoms with Crippen molar-refractivity contribution in [3.8, 4) is 17.5 Å². The molecule has 1 heterocycles. The first-order valence-corrected chi connectivity index (χ1v) is 9.56. The van der Waals surface area contributed by atoms with Crippen LogP contribution in [0.15, 0.2) is 52.9 Å². The van der Waals surface area contributed by atoms with Crippen molar-refractivity contribution in [1.82, 2.24) is 15.1 Å². The van der Waals surface area contributed by atoms with Gasteiger partial charge in [-0.15, -0.1) is 10.2 Å². The lowest BCUT2D eigenvalue weighted by molar-refractivity contribution is -0.117. The molecule has 29 heavy (non-hydrogen) atoms. The van der Waals surface area contributed by atoms with E-state index < -0.39 is 0 Å². The quantitative estimate of drug-likeness (QED) is 0.601. The number of hydrogen-bond donors (Lipinski definition) is 1. The van der Waals surface area contributed by atoms with E-state index in [1.165, 1.54) is 0 Å². The van der Waals surface area contributed by atoms with Crippen LogP contribution in [0.25, 0.3) is 11.5 Å². The van der Waals surface area contributed by atoms with Crippen molar-refractivity contribution in [3.05, 3.63) is 65.0 Å². The number of nitrogens with zero attached hydrogens (tertiary/aromatic N) is 4. The fourth-order valence-corrected chi connectivity index (χ4v) is 3.07. The highest BCUT2D eigenvalue weighted by atomic mass is 35.5. The standard InChI is InChI=1S/C21H20ClN5O2/c1-2-10-27(13-19(28)24-16-7-5-6-15(11-16)12-23)14-20-25-26-21(29-20)17-8-3-4-9-18(17)22/h3-9,11H,2,10,13-14H2,1H3,(H,24,28). The van der Waals surface area contributed by atoms with E-state index in [9.17, 15) is 4.79 Å². The predicted octanol–water partition coefficient (Wildman–Crippen LogP) is 4.11. The molecule has 0 bridgehead atoms. The van der Waals surface area contributed by atoms with E-state index in [-0.39, 0.29) is 12.5 Å². The van der Waals surface area contributed by atoms with Gasteiger partial charge >= 0.3 is 0 Å². The number of amides is 1. The van der Waals surface area contributed by atoms with Crippen molar-refractivity contribution in [3.63, 3.8) is 0 Å². The highest BCUT2D eigenvalue weighted by molar-refractivity contribution is 6.33. The van der Waals surface area contributed by atoms with E-state index in [2.05, 4.69) is 21.6 Å². The van der Waals surface area contributed by atoms with E-state index in [0.717, 1.165) is 6.42 Å². The Bertz CT molecular complexity index is 1030. The fourth-order valence-electron chi connectivity index (χ4n) is 2.85. The number of nitrogens with one attached hydrogen (secondary N) is 1. The van der Waals surface area contributed by atoms with Crippen molar-refractivity contribution < 1.29 is 9.21 Å². The molecule has 0 spiro atoms. The number of aromatic nitrogens is 2. The average molecular weight is 410 g/mol. The summed E-state index contributed by atoms with van der Waals surface area (Å²) in [5.74, 6) is 0.576. The number of carbonyl (C=O) groups is 1. The number of anilines is 1. The van der Waals surface area contributed by atoms with Crippen LogP contribution in [0, 0.1) is 11.3 Å². The number of hydrogen-bond acceptors (Lipinski definition) is 6. The lowest BCUT2D eigenvalue weighted by Crippen LogP contribution is -2.33. The van der Waals surface area contributed by atoms with Crippen LogP contribution in [-0.4, -0.2) is 34.1 Å². The van der Waals surface area contributed by atoms with Gasteiger partial charge in [0, 0.05) is 5.69 Å². The molecular formula is C21H20ClN5O2. The predicted molar refractivity (Wildman–Crippen MR) is 110 cm³/mol. The average Bonchev–Trinajstić information content (AvgIpc) is 3.16. The van der Waals surface area contributed by atoms with Gasteiger partial charge in [-0.3, -0.25) is 9.69 Å². The summed E-state index contributed by atoms with van der Waals surface area (Å²) in [6.07, 6.45) is 0.864. The first-order chi connectivity index (χ1) is 14.1. The number of benzene rings is 2. The molecule has 0 aliphatic carbocycles. The summed E-state index contributed by atoms with van der Waals surface area (Å²) in [6.45, 7) is 3.23. The minimum absolute atomic E-state index is 0.161. The molecule has 0 unspecified atom stereocenters. The Kier molecular flexibility index (Phi) is 6.95. The summed E-state index contributed by atoms with van der Waals surface area (Å²) in [6, 6.07) is 16.1. The summed E-state index contributed by atoms with van der Waals surface area (Å²) in [7, 11) is 0. The SMILES string of the molecule is CCCN(CC(=O)Nc1cccc(C#N)c1)Cc1nnc(-c2ccccc2Cl)o1. The Morgan fingerprint density at radius 2 is 2.07 bits per heavy atom. The second-order valence-electron chi connectivity index (χ2n) is 6.43. The van der Waals surface area contributed by atoms with Crippen molar-refractivity contribution in [2.45, 2.75) is 19.9 Å². The molecule has 2 aromatic carbocycles. The zero-order chi connectivity index (χ0) is 20.6. The van der Waals surface area contributed by atoms with Crippen LogP contribution < -0.4 is 5.32 Å². The van der Waals surface area contributed by atoms with Crippen molar-refractivity contribution >= 4 is 23.2 Å². The minimum Gasteiger partial charge on any atom is -0.419 e. The van der Waals surface area contributed by atoms with E-state index in [0.29, 0.717) is 46.7 Å². The van der Waals surface area contributed by atoms with Gasteiger partial charge in [0.25, 0.3) is 0 Å². The second kappa shape index (κ2) is 9.82. The van der Waals surface area contributed by atoms with Crippen LogP contribution in [0.3, 0.4) is 0 Å². The third-order valence-electron chi connectivity index (χ3n) is 4.11. The third-order valence-corrected chi connectivity index (χ3v) is 4.44. The third kappa shape index (κ3) is 5.64. The maximum Gasteiger partial charge on any atom is 0.249 e. The van der Waals surface area contributed by atoms with Gasteiger partial charge < -0.3 is 9.73 Å². The lowest BCUT2D eigenvalue weighted by Gasteiger charge is -2.19. The van der Waals surface area contributed by atoms with Gasteiger partial charge in [-0.2, -0.15) is 5.26 Å². The lowest BCUT2D eigenvalue weighted by atomic mass is 10.2. The minimum atomic E-state index is -0.181. The zero-order valence-electron chi connectivity index (χ0n) is 15.9. The molecule has 1 aromatic heterocycles. The molecule has 3 rings (SSSR count). The molecule has 0 saturated carbocycles. The molecule has 0 saturated heterocycles. The fraction of sp³-hybridized carbons (Fsp3) is 0.238. The second-order valence-corrected chi connectivity index (χ2v) is 6.84. The summed E-state index contributed by atoms with van der Waals surface area (Å²) < 4.78 is 5.74. The van der Waals surface area contributed by atoms with Crippen LogP contribution in [0.1, 0.15) is 24.8 Å². The van der Waals surface area contributed by atoms with Gasteiger partial charge in [0.2, 0.25) is 17.7 Å². The van der Waals surface area contributed by atoms with E-state index in [1.807, 2.05) is 30.0 Å². The highest BCUT2D eigenvalue weighted by Crippen LogP contribution is 2.26. The van der Waals surface area contributed by atoms with Gasteiger partial charge in [0.05, 0.1) is 35.3 Å². The number of rotatable bonds is 8. The molecule has 1 amide bonds. The van der Waals surface area contributed by atoms with Gasteiger partial charge in [0.1, 0.15) is 0 Å². The summed E-state index contributed by atoms with van der Waals surface area (Å²) >= 11 is 6.18. The van der Waals surface area contributed by atoms with Crippen LogP contribution in [-0.2, 0) is 11.3 Å². The van der Waals surface area contributed by atoms with Crippen LogP contribution in [0.4, 0.5) is 5.69 Å². The maximum atomic E-state index is 12.4. The molecule has 8 heteroatoms. The van der Waals surface area contributed by atoms with Crippen LogP contribution >= 0.6 is 11.6 Å². The van der Waals surface area contributed by atoms with Gasteiger partial charge in [-0.25, -0.2) is 0 Å². The number of halogens is 1. The Morgan fingerprint density at radius 3 is 2.83 bits per heavy atom. The Hall–Kier alpha value is -3.21. The van der Waals surface area contributed by atoms with Gasteiger partial charge in [-0.05, 0) is 43.3 Å². The molecule has 7 nitrogen and oxygen atoms in total. The molecule has 0 radical (unpaired) electrons. The van der Waals surface area contributed by atoms with E-state index in [4.69, 9.17) is 21.3 Å². The summed E-state index contributed by atoms with van der Waals surface area (Å²) in [5, 5.41) is 20.5. The van der Waals surface area contributed by atoms with Crippen LogP contribution in [0.2, 0.25) is 5.02 Å². The monoisotopic (exact) mass is 409 g/mol. The number of carbonyl (C=O) groups excluding carboxylic acids is 1. The molecule has 0 fully saturated rings. The zero-order valence-corrected chi connectivity index (χ0v) is 16.7. The van der Waals surface area contributed by atoms with E-state index >= 15 is 0 Å². The Balaban J connectivity index is 1.65. The summed E-state index contributed by atoms with van der Waals surface area (Å²) in [4.78, 5) is 14.4. The molecule has 3 aromatic rings. The van der Waals surface area contributed by atoms with Gasteiger partial charge in [0.15, 0.2) is 0 Å². The molecular weight excluding hydrogens is 390 g/mol. The normalized spacial score (nSPS) is 10.7. The van der Waals surface area contributed by atoms with Gasteiger partial charge in [-0.1, -0.05) is 36.7 Å². The molecule has 148 valence electrons. The first-order valence-electron chi connectivity index (χ1n) is 9.18.